The van der Waals surface area contributed by atoms with E-state index < -0.39 is 0 Å². The summed E-state index contributed by atoms with van der Waals surface area (Å²) < 4.78 is 0.897. The van der Waals surface area contributed by atoms with Gasteiger partial charge in [-0.2, -0.15) is 0 Å². The maximum absolute atomic E-state index is 9.02. The van der Waals surface area contributed by atoms with Gasteiger partial charge in [-0.25, -0.2) is 0 Å². The summed E-state index contributed by atoms with van der Waals surface area (Å²) in [5, 5.41) is 18.0. The van der Waals surface area contributed by atoms with Crippen LogP contribution in [0.2, 0.25) is 0 Å². The number of nitrogens with two attached hydrogens (primary N) is 1. The Morgan fingerprint density at radius 3 is 2.35 bits per heavy atom. The minimum Gasteiger partial charge on any atom is -0.395 e. The predicted octanol–water partition coefficient (Wildman–Crippen LogP) is 0.874. The van der Waals surface area contributed by atoms with Crippen LogP contribution < -0.4 is 10.6 Å². The highest BCUT2D eigenvalue weighted by atomic mass is 79.9. The molecule has 1 rings (SSSR count). The Labute approximate surface area is 114 Å². The zero-order valence-electron chi connectivity index (χ0n) is 9.27. The summed E-state index contributed by atoms with van der Waals surface area (Å²) in [6, 6.07) is 5.55. The summed E-state index contributed by atoms with van der Waals surface area (Å²) in [4.78, 5) is 2.15. The molecule has 0 radical (unpaired) electrons. The van der Waals surface area contributed by atoms with E-state index in [9.17, 15) is 0 Å². The minimum absolute atomic E-state index is 0.00326. The van der Waals surface area contributed by atoms with E-state index >= 15 is 0 Å². The van der Waals surface area contributed by atoms with E-state index in [4.69, 9.17) is 28.2 Å². The molecular weight excluding hydrogens is 304 g/mol. The highest BCUT2D eigenvalue weighted by molar-refractivity contribution is 9.10. The van der Waals surface area contributed by atoms with Crippen molar-refractivity contribution in [1.82, 2.24) is 0 Å². The molecule has 0 fully saturated rings. The van der Waals surface area contributed by atoms with Crippen molar-refractivity contribution in [2.75, 3.05) is 31.2 Å². The van der Waals surface area contributed by atoms with E-state index in [-0.39, 0.29) is 13.2 Å². The molecule has 0 atom stereocenters. The number of nitrogens with zero attached hydrogens (tertiary/aromatic N) is 1. The Kier molecular flexibility index (Phi) is 5.84. The van der Waals surface area contributed by atoms with Crippen molar-refractivity contribution in [3.8, 4) is 0 Å². The molecule has 94 valence electrons. The van der Waals surface area contributed by atoms with Gasteiger partial charge in [0.05, 0.1) is 13.2 Å². The molecule has 0 saturated carbocycles. The van der Waals surface area contributed by atoms with Crippen LogP contribution in [0, 0.1) is 0 Å². The Hall–Kier alpha value is -0.690. The van der Waals surface area contributed by atoms with Crippen molar-refractivity contribution in [3.05, 3.63) is 28.2 Å². The molecule has 0 amide bonds. The highest BCUT2D eigenvalue weighted by Gasteiger charge is 2.12. The van der Waals surface area contributed by atoms with Gasteiger partial charge in [-0.3, -0.25) is 0 Å². The van der Waals surface area contributed by atoms with Gasteiger partial charge in [0, 0.05) is 28.8 Å². The molecule has 0 spiro atoms. The van der Waals surface area contributed by atoms with Crippen LogP contribution in [0.5, 0.6) is 0 Å². The van der Waals surface area contributed by atoms with E-state index in [2.05, 4.69) is 15.9 Å². The van der Waals surface area contributed by atoms with Crippen LogP contribution in [-0.2, 0) is 0 Å². The van der Waals surface area contributed by atoms with Crippen LogP contribution in [0.15, 0.2) is 22.7 Å². The lowest BCUT2D eigenvalue weighted by Crippen LogP contribution is -2.31. The molecule has 6 heteroatoms. The average Bonchev–Trinajstić information content (AvgIpc) is 2.28. The summed E-state index contributed by atoms with van der Waals surface area (Å²) in [5.74, 6) is 0. The molecule has 0 bridgehead atoms. The molecular formula is C11H15BrN2O2S. The summed E-state index contributed by atoms with van der Waals surface area (Å²) in [7, 11) is 0. The van der Waals surface area contributed by atoms with Crippen molar-refractivity contribution in [3.63, 3.8) is 0 Å². The fourth-order valence-electron chi connectivity index (χ4n) is 1.57. The molecule has 0 aromatic heterocycles. The SMILES string of the molecule is NC(=S)c1ccc(Br)cc1N(CCO)CCO. The molecule has 0 aliphatic carbocycles. The molecule has 1 aromatic rings. The third kappa shape index (κ3) is 3.92. The number of rotatable bonds is 6. The number of benzene rings is 1. The van der Waals surface area contributed by atoms with Crippen LogP contribution in [0.1, 0.15) is 5.56 Å². The van der Waals surface area contributed by atoms with Crippen molar-refractivity contribution < 1.29 is 10.2 Å². The monoisotopic (exact) mass is 318 g/mol. The lowest BCUT2D eigenvalue weighted by Gasteiger charge is -2.25. The second-order valence-corrected chi connectivity index (χ2v) is 4.82. The number of aliphatic hydroxyl groups is 2. The Bertz CT molecular complexity index is 395. The van der Waals surface area contributed by atoms with Crippen molar-refractivity contribution in [2.24, 2.45) is 5.73 Å². The molecule has 4 nitrogen and oxygen atoms in total. The van der Waals surface area contributed by atoms with Gasteiger partial charge in [-0.05, 0) is 18.2 Å². The first-order valence-corrected chi connectivity index (χ1v) is 6.36. The van der Waals surface area contributed by atoms with Gasteiger partial charge in [0.2, 0.25) is 0 Å². The minimum atomic E-state index is 0.00326. The number of halogens is 1. The van der Waals surface area contributed by atoms with Crippen LogP contribution in [-0.4, -0.2) is 41.5 Å². The molecule has 0 heterocycles. The maximum Gasteiger partial charge on any atom is 0.106 e. The molecule has 0 aliphatic heterocycles. The van der Waals surface area contributed by atoms with Gasteiger partial charge < -0.3 is 20.8 Å². The molecule has 0 unspecified atom stereocenters. The molecule has 0 aliphatic rings. The zero-order valence-corrected chi connectivity index (χ0v) is 11.7. The fourth-order valence-corrected chi connectivity index (χ4v) is 2.09. The zero-order chi connectivity index (χ0) is 12.8. The van der Waals surface area contributed by atoms with E-state index in [0.29, 0.717) is 18.1 Å². The summed E-state index contributed by atoms with van der Waals surface area (Å²) in [6.07, 6.45) is 0. The largest absolute Gasteiger partial charge is 0.395 e. The quantitative estimate of drug-likeness (QED) is 0.679. The van der Waals surface area contributed by atoms with Crippen LogP contribution >= 0.6 is 28.1 Å². The number of hydrogen-bond donors (Lipinski definition) is 3. The van der Waals surface area contributed by atoms with E-state index in [0.717, 1.165) is 15.7 Å². The third-order valence-corrected chi connectivity index (χ3v) is 3.02. The standard InChI is InChI=1S/C11H15BrN2O2S/c12-8-1-2-9(11(13)17)10(7-8)14(3-5-15)4-6-16/h1-2,7,15-16H,3-6H2,(H2,13,17). The van der Waals surface area contributed by atoms with Gasteiger partial charge in [-0.1, -0.05) is 28.1 Å². The smallest absolute Gasteiger partial charge is 0.106 e. The maximum atomic E-state index is 9.02. The van der Waals surface area contributed by atoms with Crippen molar-refractivity contribution in [1.29, 1.82) is 0 Å². The topological polar surface area (TPSA) is 69.7 Å². The Balaban J connectivity index is 3.14. The molecule has 4 N–H and O–H groups in total. The first kappa shape index (κ1) is 14.4. The van der Waals surface area contributed by atoms with Gasteiger partial charge in [0.15, 0.2) is 0 Å². The van der Waals surface area contributed by atoms with Gasteiger partial charge in [0.25, 0.3) is 0 Å². The number of hydrogen-bond acceptors (Lipinski definition) is 4. The van der Waals surface area contributed by atoms with Crippen molar-refractivity contribution in [2.45, 2.75) is 0 Å². The van der Waals surface area contributed by atoms with Gasteiger partial charge in [0.1, 0.15) is 4.99 Å². The lowest BCUT2D eigenvalue weighted by molar-refractivity contribution is 0.281. The van der Waals surface area contributed by atoms with Crippen LogP contribution in [0.25, 0.3) is 0 Å². The predicted molar refractivity (Wildman–Crippen MR) is 76.4 cm³/mol. The average molecular weight is 319 g/mol. The second kappa shape index (κ2) is 6.90. The third-order valence-electron chi connectivity index (χ3n) is 2.31. The highest BCUT2D eigenvalue weighted by Crippen LogP contribution is 2.25. The summed E-state index contributed by atoms with van der Waals surface area (Å²) in [6.45, 7) is 0.853. The Morgan fingerprint density at radius 2 is 1.88 bits per heavy atom. The number of aliphatic hydroxyl groups excluding tert-OH is 2. The molecule has 1 aromatic carbocycles. The first-order valence-electron chi connectivity index (χ1n) is 5.16. The molecule has 0 saturated heterocycles. The van der Waals surface area contributed by atoms with Gasteiger partial charge in [-0.15, -0.1) is 0 Å². The number of thiocarbonyl (C=S) groups is 1. The van der Waals surface area contributed by atoms with E-state index in [1.165, 1.54) is 0 Å². The van der Waals surface area contributed by atoms with Crippen molar-refractivity contribution >= 4 is 38.8 Å². The fraction of sp³-hybridized carbons (Fsp3) is 0.364. The molecule has 17 heavy (non-hydrogen) atoms. The number of anilines is 1. The Morgan fingerprint density at radius 1 is 1.29 bits per heavy atom. The van der Waals surface area contributed by atoms with E-state index in [1.807, 2.05) is 23.1 Å². The lowest BCUT2D eigenvalue weighted by atomic mass is 10.1. The summed E-state index contributed by atoms with van der Waals surface area (Å²) in [5.41, 5.74) is 7.21. The normalized spacial score (nSPS) is 10.3. The summed E-state index contributed by atoms with van der Waals surface area (Å²) >= 11 is 8.37. The van der Waals surface area contributed by atoms with Crippen LogP contribution in [0.3, 0.4) is 0 Å². The van der Waals surface area contributed by atoms with E-state index in [1.54, 1.807) is 0 Å². The van der Waals surface area contributed by atoms with Gasteiger partial charge >= 0.3 is 0 Å². The van der Waals surface area contributed by atoms with Crippen LogP contribution in [0.4, 0.5) is 5.69 Å². The second-order valence-electron chi connectivity index (χ2n) is 3.46. The first-order chi connectivity index (χ1) is 8.10.